The van der Waals surface area contributed by atoms with Gasteiger partial charge in [-0.15, -0.1) is 23.2 Å². The number of H-pyrrole nitrogens is 1. The van der Waals surface area contributed by atoms with Gasteiger partial charge in [0.15, 0.2) is 5.95 Å². The first kappa shape index (κ1) is 121. The number of nitrogens with one attached hydrogen (secondary N) is 4. The SMILES string of the molecule is CNc1nc(Cl)ncc1CNc1cc(C(=O)OC(C)(C)C)ccc1C.Cc1ccc(C(=O)O)cc1[N+](=O)[O-].Cc1ccc(C(=O)OC(C)(C)C)cc1N.Cc1ccc(C(=O)OC(C)(C)C)cc1NCc1cnc(Cl)nc1Cl.Cc1ccc(C(=O)OC(C)(C)C)cc1[N+](=O)[O-].ClCc1cnc(Cl)nc1Cl.ClCc1cnc(Cl)nc1Cl.Nc1ncc(CO)c(=O)[nH]1.[CH2+]C(C)(C)OC(=O)c1ccc(C)c(N)c1. The van der Waals surface area contributed by atoms with Crippen molar-refractivity contribution in [2.75, 3.05) is 40.2 Å². The number of nitro benzene ring substituents is 2. The van der Waals surface area contributed by atoms with Gasteiger partial charge in [0, 0.05) is 133 Å². The lowest BCUT2D eigenvalue weighted by atomic mass is 10.1. The van der Waals surface area contributed by atoms with Crippen molar-refractivity contribution in [2.45, 2.75) is 198 Å². The van der Waals surface area contributed by atoms with E-state index in [1.54, 1.807) is 123 Å². The van der Waals surface area contributed by atoms with E-state index in [9.17, 15) is 53.8 Å². The number of esters is 5. The monoisotopic (exact) mass is 2090 g/mol. The summed E-state index contributed by atoms with van der Waals surface area (Å²) in [7, 11) is 1.77. The van der Waals surface area contributed by atoms with Crippen LogP contribution in [0.4, 0.5) is 45.9 Å². The minimum atomic E-state index is -1.16. The van der Waals surface area contributed by atoms with Crippen LogP contribution < -0.4 is 38.7 Å². The van der Waals surface area contributed by atoms with Crippen LogP contribution in [0.2, 0.25) is 36.6 Å². The maximum Gasteiger partial charge on any atom is 0.341 e. The van der Waals surface area contributed by atoms with E-state index in [-0.39, 0.29) is 79.7 Å². The molecule has 36 nitrogen and oxygen atoms in total. The molecular weight excluding hydrogens is 1990 g/mol. The first-order valence-electron chi connectivity index (χ1n) is 41.3. The molecule has 6 aromatic carbocycles. The van der Waals surface area contributed by atoms with Gasteiger partial charge < -0.3 is 67.0 Å². The van der Waals surface area contributed by atoms with Crippen molar-refractivity contribution in [1.82, 2.24) is 49.8 Å². The van der Waals surface area contributed by atoms with Gasteiger partial charge in [-0.1, -0.05) is 71.2 Å². The standard InChI is InChI=1S/C18H23ClN4O2.C17H19Cl2N3O2.C12H15NO4.C12H17NO2.C12H16NO2.C8H7NO4.2C5H3Cl3N2.C5H7N3O2/c1-11-6-7-12(16(24)25-18(2,3)4)8-14(11)21-9-13-10-22-17(19)23-15(13)20-5;1-10-5-6-11(15(23)24-17(2,3)4)7-13(10)20-8-12-9-21-16(19)22-14(12)18;1-8-5-6-9(7-10(8)13(15)16)11(14)17-12(2,3)4;2*1-8-5-6-9(7-10(8)13)11(14)15-12(2,3)4;1-5-2-3-6(8(10)11)4-7(5)9(12)13;2*6-1-3-2-9-5(8)10-4(3)7;6-5-7-1-3(2-9)4(10)8-5/h6-8,10,21H,9H2,1-5H3,(H,20,22,23);5-7,9,20H,8H2,1-4H3;5-7H,1-4H3;5-7H,13H2,1-4H3;5-7H,2,13H2,1,3-4H3;2-4H,1H3,(H,10,11);2*2H,1H2;1,9H,2H2,(H3,6,7,8,10)/q;;;;+1;;;;. The number of aliphatic hydroxyl groups excluding tert-OH is 1. The van der Waals surface area contributed by atoms with E-state index in [0.717, 1.165) is 45.3 Å². The van der Waals surface area contributed by atoms with Crippen LogP contribution in [0.15, 0.2) is 145 Å². The zero-order valence-corrected chi connectivity index (χ0v) is 86.8. The number of ether oxygens (including phenoxy) is 5. The number of hydrogen-bond acceptors (Lipinski definition) is 32. The number of aliphatic hydroxyl groups is 1. The van der Waals surface area contributed by atoms with E-state index < -0.39 is 61.3 Å². The Bertz CT molecular complexity index is 6040. The second kappa shape index (κ2) is 55.8. The summed E-state index contributed by atoms with van der Waals surface area (Å²) >= 11 is 50.6. The minimum Gasteiger partial charge on any atom is -0.478 e. The van der Waals surface area contributed by atoms with E-state index >= 15 is 0 Å². The van der Waals surface area contributed by atoms with Crippen LogP contribution in [-0.2, 0) is 55.1 Å². The molecule has 11 aromatic rings. The molecule has 0 aliphatic carbocycles. The van der Waals surface area contributed by atoms with Gasteiger partial charge >= 0.3 is 35.8 Å². The summed E-state index contributed by atoms with van der Waals surface area (Å²) in [6, 6.07) is 29.2. The molecule has 0 bridgehead atoms. The summed E-state index contributed by atoms with van der Waals surface area (Å²) in [5.74, 6) is -1.85. The number of nitrogens with two attached hydrogens (primary N) is 3. The molecular formula is C94H110Cl9N18O18+. The number of carboxylic acids is 1. The van der Waals surface area contributed by atoms with Gasteiger partial charge in [-0.25, -0.2) is 73.6 Å². The number of aromatic carboxylic acids is 1. The third kappa shape index (κ3) is 45.2. The van der Waals surface area contributed by atoms with Crippen LogP contribution in [0.5, 0.6) is 0 Å². The molecule has 0 atom stereocenters. The molecule has 5 heterocycles. The van der Waals surface area contributed by atoms with Crippen LogP contribution in [0.3, 0.4) is 0 Å². The number of aromatic amines is 1. The van der Waals surface area contributed by atoms with Crippen molar-refractivity contribution in [3.8, 4) is 0 Å². The van der Waals surface area contributed by atoms with Gasteiger partial charge in [0.1, 0.15) is 50.6 Å². The van der Waals surface area contributed by atoms with Crippen LogP contribution in [0.25, 0.3) is 0 Å². The van der Waals surface area contributed by atoms with Gasteiger partial charge in [0.05, 0.1) is 67.2 Å². The van der Waals surface area contributed by atoms with Crippen molar-refractivity contribution in [3.05, 3.63) is 309 Å². The number of benzene rings is 6. The number of hydrogen-bond donors (Lipinski definition) is 9. The summed E-state index contributed by atoms with van der Waals surface area (Å²) in [6.07, 6.45) is 7.49. The number of carboxylic acid groups (broad SMARTS) is 1. The maximum atomic E-state index is 12.2. The van der Waals surface area contributed by atoms with Crippen LogP contribution >= 0.6 is 104 Å². The second-order valence-corrected chi connectivity index (χ2v) is 37.0. The number of anilines is 6. The van der Waals surface area contributed by atoms with E-state index in [0.29, 0.717) is 108 Å². The van der Waals surface area contributed by atoms with Crippen LogP contribution in [-0.4, -0.2) is 141 Å². The van der Waals surface area contributed by atoms with Crippen LogP contribution in [0.1, 0.15) is 220 Å². The van der Waals surface area contributed by atoms with Crippen LogP contribution in [0, 0.1) is 68.7 Å². The van der Waals surface area contributed by atoms with Crippen molar-refractivity contribution >= 4 is 186 Å². The highest BCUT2D eigenvalue weighted by atomic mass is 35.5. The molecule has 0 saturated carbocycles. The van der Waals surface area contributed by atoms with E-state index in [4.69, 9.17) is 156 Å². The quantitative estimate of drug-likeness (QED) is 0.00418. The highest BCUT2D eigenvalue weighted by Crippen LogP contribution is 2.29. The first-order valence-corrected chi connectivity index (χ1v) is 45.0. The molecule has 0 radical (unpaired) electrons. The third-order valence-corrected chi connectivity index (χ3v) is 19.2. The summed E-state index contributed by atoms with van der Waals surface area (Å²) in [5.41, 5.74) is 26.0. The zero-order valence-electron chi connectivity index (χ0n) is 80.0. The summed E-state index contributed by atoms with van der Waals surface area (Å²) in [4.78, 5) is 137. The fourth-order valence-electron chi connectivity index (χ4n) is 10.00. The smallest absolute Gasteiger partial charge is 0.341 e. The zero-order chi connectivity index (χ0) is 106. The maximum absolute atomic E-state index is 12.2. The van der Waals surface area contributed by atoms with Crippen molar-refractivity contribution in [1.29, 1.82) is 0 Å². The molecule has 5 aromatic heterocycles. The van der Waals surface area contributed by atoms with E-state index in [1.165, 1.54) is 48.9 Å². The van der Waals surface area contributed by atoms with Gasteiger partial charge in [0.2, 0.25) is 26.7 Å². The Morgan fingerprint density at radius 2 is 0.705 bits per heavy atom. The minimum absolute atomic E-state index is 0.0576. The molecule has 45 heteroatoms. The summed E-state index contributed by atoms with van der Waals surface area (Å²) < 4.78 is 26.3. The molecule has 0 saturated heterocycles. The molecule has 12 N–H and O–H groups in total. The Hall–Kier alpha value is -12.6. The number of halogens is 9. The molecule has 0 aliphatic rings. The average Bonchev–Trinajstić information content (AvgIpc) is 0.845. The number of carbonyl (C=O) groups is 6. The third-order valence-electron chi connectivity index (χ3n) is 16.9. The van der Waals surface area contributed by atoms with Gasteiger partial charge in [-0.3, -0.25) is 30.0 Å². The lowest BCUT2D eigenvalue weighted by molar-refractivity contribution is -0.385. The predicted octanol–water partition coefficient (Wildman–Crippen LogP) is 21.9. The molecule has 0 spiro atoms. The molecule has 0 unspecified atom stereocenters. The number of aryl methyl sites for hydroxylation is 6. The largest absolute Gasteiger partial charge is 0.478 e. The predicted molar refractivity (Wildman–Crippen MR) is 543 cm³/mol. The summed E-state index contributed by atoms with van der Waals surface area (Å²) in [5, 5.41) is 49.2. The summed E-state index contributed by atoms with van der Waals surface area (Å²) in [6.45, 7) is 40.4. The highest BCUT2D eigenvalue weighted by molar-refractivity contribution is 6.34. The molecule has 0 amide bonds. The number of nitro groups is 2. The fraction of sp³-hybridized carbons (Fsp3) is 0.330. The lowest BCUT2D eigenvalue weighted by Gasteiger charge is -2.20. The Kier molecular flexibility index (Phi) is 48.4. The Labute approximate surface area is 849 Å². The van der Waals surface area contributed by atoms with Crippen molar-refractivity contribution in [2.24, 2.45) is 0 Å². The number of nitrogens with zero attached hydrogens (tertiary/aromatic N) is 11. The number of carbonyl (C=O) groups excluding carboxylic acids is 5. The molecule has 139 heavy (non-hydrogen) atoms. The van der Waals surface area contributed by atoms with Gasteiger partial charge in [-0.05, 0) is 254 Å². The average molecular weight is 2100 g/mol. The van der Waals surface area contributed by atoms with E-state index in [1.807, 2.05) is 108 Å². The fourth-order valence-corrected chi connectivity index (χ4v) is 11.8. The molecule has 0 aliphatic heterocycles. The van der Waals surface area contributed by atoms with Gasteiger partial charge in [-0.2, -0.15) is 0 Å². The number of alkyl halides is 2. The Morgan fingerprint density at radius 1 is 0.417 bits per heavy atom. The molecule has 11 rings (SSSR count). The number of aromatic nitrogens is 10. The lowest BCUT2D eigenvalue weighted by Crippen LogP contribution is -2.24. The first-order chi connectivity index (χ1) is 64.4. The van der Waals surface area contributed by atoms with Gasteiger partial charge in [0.25, 0.3) is 16.9 Å². The highest BCUT2D eigenvalue weighted by Gasteiger charge is 2.27. The molecule has 746 valence electrons. The topological polar surface area (TPSA) is 538 Å². The number of rotatable bonds is 19. The molecule has 0 fully saturated rings. The normalized spacial score (nSPS) is 10.7. The van der Waals surface area contributed by atoms with E-state index in [2.05, 4.69) is 72.7 Å². The Morgan fingerprint density at radius 3 is 1.01 bits per heavy atom. The van der Waals surface area contributed by atoms with Crippen molar-refractivity contribution in [3.63, 3.8) is 0 Å². The van der Waals surface area contributed by atoms with Crippen molar-refractivity contribution < 1.29 is 72.5 Å². The number of nitrogen functional groups attached to an aromatic ring is 3. The second-order valence-electron chi connectivity index (χ2n) is 34.1. The Balaban J connectivity index is 0.000000410.